The van der Waals surface area contributed by atoms with E-state index < -0.39 is 16.1 Å². The molecule has 28 heavy (non-hydrogen) atoms. The number of benzene rings is 2. The first-order chi connectivity index (χ1) is 13.4. The number of sulfonamides is 1. The predicted octanol–water partition coefficient (Wildman–Crippen LogP) is 2.27. The molecule has 2 aromatic rings. The second kappa shape index (κ2) is 8.75. The van der Waals surface area contributed by atoms with Crippen LogP contribution in [-0.4, -0.2) is 43.6 Å². The summed E-state index contributed by atoms with van der Waals surface area (Å²) >= 11 is 0. The van der Waals surface area contributed by atoms with Gasteiger partial charge in [0.05, 0.1) is 12.3 Å². The van der Waals surface area contributed by atoms with Gasteiger partial charge in [0.1, 0.15) is 18.4 Å². The average Bonchev–Trinajstić information content (AvgIpc) is 2.70. The van der Waals surface area contributed by atoms with Gasteiger partial charge < -0.3 is 10.1 Å². The molecular weight excluding hydrogens is 376 g/mol. The number of carbonyl (C=O) groups is 1. The molecule has 0 spiro atoms. The number of carbonyl (C=O) groups excluding carboxylic acids is 1. The van der Waals surface area contributed by atoms with Crippen molar-refractivity contribution < 1.29 is 17.9 Å². The quantitative estimate of drug-likeness (QED) is 0.721. The zero-order valence-corrected chi connectivity index (χ0v) is 17.0. The van der Waals surface area contributed by atoms with Crippen molar-refractivity contribution in [2.24, 2.45) is 0 Å². The molecule has 150 valence electrons. The highest BCUT2D eigenvalue weighted by atomic mass is 32.2. The molecule has 0 radical (unpaired) electrons. The maximum atomic E-state index is 12.8. The third-order valence-electron chi connectivity index (χ3n) is 4.89. The molecule has 1 amide bonds. The number of amides is 1. The summed E-state index contributed by atoms with van der Waals surface area (Å²) in [6.07, 6.45) is 0.375. The van der Waals surface area contributed by atoms with Crippen LogP contribution in [0.3, 0.4) is 0 Å². The van der Waals surface area contributed by atoms with Gasteiger partial charge in [-0.05, 0) is 49.1 Å². The number of rotatable bonds is 7. The van der Waals surface area contributed by atoms with E-state index in [2.05, 4.69) is 5.32 Å². The first kappa shape index (κ1) is 20.4. The van der Waals surface area contributed by atoms with E-state index in [1.807, 2.05) is 55.5 Å². The Morgan fingerprint density at radius 1 is 1.18 bits per heavy atom. The fraction of sp³-hybridized carbons (Fsp3) is 0.381. The van der Waals surface area contributed by atoms with Crippen LogP contribution in [0.1, 0.15) is 23.6 Å². The molecule has 0 saturated heterocycles. The number of hydrogen-bond donors (Lipinski definition) is 1. The first-order valence-corrected chi connectivity index (χ1v) is 11.0. The van der Waals surface area contributed by atoms with E-state index in [-0.39, 0.29) is 18.2 Å². The van der Waals surface area contributed by atoms with E-state index in [0.29, 0.717) is 19.6 Å². The van der Waals surface area contributed by atoms with Gasteiger partial charge in [-0.15, -0.1) is 0 Å². The van der Waals surface area contributed by atoms with Crippen LogP contribution in [-0.2, 0) is 27.8 Å². The Balaban J connectivity index is 1.64. The molecule has 0 bridgehead atoms. The zero-order valence-electron chi connectivity index (χ0n) is 16.2. The summed E-state index contributed by atoms with van der Waals surface area (Å²) in [6.45, 7) is 4.44. The van der Waals surface area contributed by atoms with Crippen LogP contribution in [0.5, 0.6) is 5.75 Å². The number of nitrogens with one attached hydrogen (secondary N) is 1. The van der Waals surface area contributed by atoms with Gasteiger partial charge in [-0.25, -0.2) is 8.42 Å². The van der Waals surface area contributed by atoms with Crippen LogP contribution < -0.4 is 10.1 Å². The minimum atomic E-state index is -3.50. The molecule has 0 fully saturated rings. The van der Waals surface area contributed by atoms with Gasteiger partial charge in [0, 0.05) is 6.54 Å². The Hall–Kier alpha value is -2.38. The van der Waals surface area contributed by atoms with Crippen molar-refractivity contribution >= 4 is 15.9 Å². The van der Waals surface area contributed by atoms with E-state index >= 15 is 0 Å². The summed E-state index contributed by atoms with van der Waals surface area (Å²) < 4.78 is 32.1. The summed E-state index contributed by atoms with van der Waals surface area (Å²) in [4.78, 5) is 12.8. The molecule has 3 rings (SSSR count). The summed E-state index contributed by atoms with van der Waals surface area (Å²) in [6, 6.07) is 14.6. The van der Waals surface area contributed by atoms with E-state index in [4.69, 9.17) is 4.74 Å². The van der Waals surface area contributed by atoms with E-state index in [1.165, 1.54) is 4.31 Å². The number of ether oxygens (including phenoxy) is 1. The summed E-state index contributed by atoms with van der Waals surface area (Å²) in [5, 5.41) is 2.82. The predicted molar refractivity (Wildman–Crippen MR) is 109 cm³/mol. The topological polar surface area (TPSA) is 75.7 Å². The van der Waals surface area contributed by atoms with Gasteiger partial charge >= 0.3 is 0 Å². The molecule has 2 aromatic carbocycles. The van der Waals surface area contributed by atoms with Crippen molar-refractivity contribution in [1.82, 2.24) is 9.62 Å². The van der Waals surface area contributed by atoms with E-state index in [1.54, 1.807) is 6.92 Å². The number of hydrogen-bond acceptors (Lipinski definition) is 4. The lowest BCUT2D eigenvalue weighted by Gasteiger charge is -2.34. The van der Waals surface area contributed by atoms with Crippen LogP contribution >= 0.6 is 0 Å². The monoisotopic (exact) mass is 402 g/mol. The molecule has 0 aliphatic carbocycles. The minimum Gasteiger partial charge on any atom is -0.492 e. The van der Waals surface area contributed by atoms with Crippen molar-refractivity contribution in [2.75, 3.05) is 18.9 Å². The molecule has 1 unspecified atom stereocenters. The largest absolute Gasteiger partial charge is 0.492 e. The maximum absolute atomic E-state index is 12.8. The number of fused-ring (bicyclic) bond motifs is 1. The zero-order chi connectivity index (χ0) is 20.1. The molecular formula is C21H26N2O4S. The molecule has 1 aliphatic heterocycles. The third kappa shape index (κ3) is 4.72. The number of aryl methyl sites for hydroxylation is 1. The number of nitrogens with zero attached hydrogens (tertiary/aromatic N) is 1. The molecule has 1 heterocycles. The summed E-state index contributed by atoms with van der Waals surface area (Å²) in [5.41, 5.74) is 3.07. The Bertz CT molecular complexity index is 943. The summed E-state index contributed by atoms with van der Waals surface area (Å²) in [5.74, 6) is 0.422. The lowest BCUT2D eigenvalue weighted by molar-refractivity contribution is -0.125. The van der Waals surface area contributed by atoms with Crippen molar-refractivity contribution in [2.45, 2.75) is 32.9 Å². The van der Waals surface area contributed by atoms with Crippen LogP contribution in [0.15, 0.2) is 48.5 Å². The van der Waals surface area contributed by atoms with Gasteiger partial charge in [-0.3, -0.25) is 4.79 Å². The molecule has 1 aliphatic rings. The Labute approximate surface area is 166 Å². The molecule has 6 nitrogen and oxygen atoms in total. The Morgan fingerprint density at radius 2 is 1.93 bits per heavy atom. The van der Waals surface area contributed by atoms with Gasteiger partial charge in [0.25, 0.3) is 0 Å². The second-order valence-electron chi connectivity index (χ2n) is 6.89. The van der Waals surface area contributed by atoms with Crippen LogP contribution in [0.25, 0.3) is 0 Å². The fourth-order valence-electron chi connectivity index (χ4n) is 3.35. The summed E-state index contributed by atoms with van der Waals surface area (Å²) in [7, 11) is -3.50. The van der Waals surface area contributed by atoms with Gasteiger partial charge in [-0.1, -0.05) is 36.4 Å². The van der Waals surface area contributed by atoms with Crippen molar-refractivity contribution in [3.63, 3.8) is 0 Å². The van der Waals surface area contributed by atoms with Crippen molar-refractivity contribution in [3.8, 4) is 5.75 Å². The Kier molecular flexibility index (Phi) is 6.36. The van der Waals surface area contributed by atoms with Crippen LogP contribution in [0, 0.1) is 6.92 Å². The molecule has 1 atom stereocenters. The Morgan fingerprint density at radius 3 is 2.64 bits per heavy atom. The highest BCUT2D eigenvalue weighted by molar-refractivity contribution is 7.89. The van der Waals surface area contributed by atoms with Crippen LogP contribution in [0.2, 0.25) is 0 Å². The molecule has 1 N–H and O–H groups in total. The van der Waals surface area contributed by atoms with Gasteiger partial charge in [0.2, 0.25) is 15.9 Å². The van der Waals surface area contributed by atoms with Crippen molar-refractivity contribution in [1.29, 1.82) is 0 Å². The fourth-order valence-corrected chi connectivity index (χ4v) is 4.57. The lowest BCUT2D eigenvalue weighted by Crippen LogP contribution is -2.53. The van der Waals surface area contributed by atoms with Crippen molar-refractivity contribution in [3.05, 3.63) is 65.2 Å². The van der Waals surface area contributed by atoms with E-state index in [9.17, 15) is 13.2 Å². The minimum absolute atomic E-state index is 0.0323. The average molecular weight is 403 g/mol. The maximum Gasteiger partial charge on any atom is 0.238 e. The first-order valence-electron chi connectivity index (χ1n) is 9.44. The van der Waals surface area contributed by atoms with Crippen LogP contribution in [0.4, 0.5) is 0 Å². The SMILES string of the molecule is CCS(=O)(=O)N1Cc2ccccc2CC1C(=O)NCCOc1cccc(C)c1. The third-order valence-corrected chi connectivity index (χ3v) is 6.72. The standard InChI is InChI=1S/C21H26N2O4S/c1-3-28(25,26)23-15-18-9-5-4-8-17(18)14-20(23)21(24)22-11-12-27-19-10-6-7-16(2)13-19/h4-10,13,20H,3,11-12,14-15H2,1-2H3,(H,22,24). The lowest BCUT2D eigenvalue weighted by atomic mass is 9.95. The van der Waals surface area contributed by atoms with E-state index in [0.717, 1.165) is 22.4 Å². The normalized spacial score (nSPS) is 17.0. The highest BCUT2D eigenvalue weighted by Crippen LogP contribution is 2.26. The smallest absolute Gasteiger partial charge is 0.238 e. The van der Waals surface area contributed by atoms with Gasteiger partial charge in [0.15, 0.2) is 0 Å². The molecule has 0 aromatic heterocycles. The molecule has 7 heteroatoms. The molecule has 0 saturated carbocycles. The second-order valence-corrected chi connectivity index (χ2v) is 9.10. The van der Waals surface area contributed by atoms with Gasteiger partial charge in [-0.2, -0.15) is 4.31 Å². The highest BCUT2D eigenvalue weighted by Gasteiger charge is 2.37.